The molecule has 2 N–H and O–H groups in total. The summed E-state index contributed by atoms with van der Waals surface area (Å²) < 4.78 is 28.0. The van der Waals surface area contributed by atoms with Crippen LogP contribution in [-0.2, 0) is 16.0 Å². The topological polar surface area (TPSA) is 99.1 Å². The van der Waals surface area contributed by atoms with Crippen molar-refractivity contribution in [2.24, 2.45) is 16.3 Å². The van der Waals surface area contributed by atoms with Gasteiger partial charge in [-0.15, -0.1) is 0 Å². The van der Waals surface area contributed by atoms with Gasteiger partial charge in [0.1, 0.15) is 23.0 Å². The highest BCUT2D eigenvalue weighted by Crippen LogP contribution is 2.46. The lowest BCUT2D eigenvalue weighted by molar-refractivity contribution is -0.136. The second-order valence-electron chi connectivity index (χ2n) is 11.5. The number of carboxylic acid groups (broad SMARTS) is 1. The van der Waals surface area contributed by atoms with Crippen LogP contribution >= 0.6 is 0 Å². The van der Waals surface area contributed by atoms with E-state index in [0.717, 1.165) is 36.6 Å². The molecule has 39 heavy (non-hydrogen) atoms. The average Bonchev–Trinajstić information content (AvgIpc) is 3.12. The third-order valence-corrected chi connectivity index (χ3v) is 7.88. The first kappa shape index (κ1) is 28.4. The van der Waals surface area contributed by atoms with Crippen LogP contribution < -0.4 is 5.32 Å². The Morgan fingerprint density at radius 3 is 2.26 bits per heavy atom. The number of aliphatic carboxylic acids is 1. The molecule has 0 atom stereocenters. The Bertz CT molecular complexity index is 1260. The molecule has 0 saturated heterocycles. The van der Waals surface area contributed by atoms with Crippen molar-refractivity contribution < 1.29 is 28.3 Å². The number of nitrogens with zero attached hydrogens (tertiary/aromatic N) is 2. The molecule has 1 heterocycles. The molecule has 2 aliphatic rings. The van der Waals surface area contributed by atoms with Crippen LogP contribution in [0.3, 0.4) is 0 Å². The molecule has 0 bridgehead atoms. The van der Waals surface area contributed by atoms with Crippen LogP contribution in [0.5, 0.6) is 0 Å². The monoisotopic (exact) mass is 539 g/mol. The SMILES string of the molecule is CC(C)(C)C1CCC2(CC1)N=C(c1cc(F)cc(F)c1)C(=O)N2CCc1ccc(C(=O)NCCC(=O)O)cc1. The molecule has 0 radical (unpaired) electrons. The standard InChI is InChI=1S/C30H35F2N3O4/c1-29(2,3)22-8-12-30(13-9-22)34-26(21-16-23(31)18-24(32)17-21)28(39)35(30)15-11-19-4-6-20(7-5-19)27(38)33-14-10-25(36)37/h4-7,16-18,22H,8-15H2,1-3H3,(H,33,38)(H,36,37). The molecule has 9 heteroatoms. The van der Waals surface area contributed by atoms with Gasteiger partial charge in [0.15, 0.2) is 0 Å². The molecule has 1 fully saturated rings. The van der Waals surface area contributed by atoms with Crippen molar-refractivity contribution >= 4 is 23.5 Å². The van der Waals surface area contributed by atoms with Crippen LogP contribution in [0.25, 0.3) is 0 Å². The molecule has 4 rings (SSSR count). The lowest BCUT2D eigenvalue weighted by atomic mass is 9.69. The zero-order valence-electron chi connectivity index (χ0n) is 22.6. The second-order valence-corrected chi connectivity index (χ2v) is 11.5. The van der Waals surface area contributed by atoms with Crippen molar-refractivity contribution in [3.05, 3.63) is 70.8 Å². The van der Waals surface area contributed by atoms with Crippen molar-refractivity contribution in [3.63, 3.8) is 0 Å². The van der Waals surface area contributed by atoms with Gasteiger partial charge in [-0.3, -0.25) is 19.4 Å². The Hall–Kier alpha value is -3.62. The van der Waals surface area contributed by atoms with Crippen molar-refractivity contribution in [1.29, 1.82) is 0 Å². The van der Waals surface area contributed by atoms with Crippen LogP contribution in [-0.4, -0.2) is 52.3 Å². The minimum absolute atomic E-state index is 0.0443. The zero-order chi connectivity index (χ0) is 28.4. The van der Waals surface area contributed by atoms with Crippen molar-refractivity contribution in [1.82, 2.24) is 10.2 Å². The van der Waals surface area contributed by atoms with Gasteiger partial charge in [-0.2, -0.15) is 0 Å². The van der Waals surface area contributed by atoms with E-state index in [1.807, 2.05) is 0 Å². The number of carbonyl (C=O) groups excluding carboxylic acids is 2. The maximum Gasteiger partial charge on any atom is 0.305 e. The highest BCUT2D eigenvalue weighted by Gasteiger charge is 2.49. The number of benzene rings is 2. The predicted octanol–water partition coefficient (Wildman–Crippen LogP) is 4.98. The molecular weight excluding hydrogens is 504 g/mol. The number of aliphatic imine (C=N–C) groups is 1. The van der Waals surface area contributed by atoms with Crippen LogP contribution in [0.2, 0.25) is 0 Å². The Balaban J connectivity index is 1.51. The summed E-state index contributed by atoms with van der Waals surface area (Å²) in [6, 6.07) is 10.0. The lowest BCUT2D eigenvalue weighted by Gasteiger charge is -2.45. The maximum absolute atomic E-state index is 14.0. The fourth-order valence-corrected chi connectivity index (χ4v) is 5.60. The molecule has 1 spiro atoms. The van der Waals surface area contributed by atoms with Gasteiger partial charge in [0.2, 0.25) is 0 Å². The number of carbonyl (C=O) groups is 3. The van der Waals surface area contributed by atoms with Crippen LogP contribution in [0.4, 0.5) is 8.78 Å². The minimum atomic E-state index is -0.985. The van der Waals surface area contributed by atoms with E-state index in [4.69, 9.17) is 10.1 Å². The smallest absolute Gasteiger partial charge is 0.305 e. The van der Waals surface area contributed by atoms with E-state index in [1.54, 1.807) is 29.2 Å². The highest BCUT2D eigenvalue weighted by molar-refractivity contribution is 6.46. The van der Waals surface area contributed by atoms with Crippen LogP contribution in [0.1, 0.15) is 74.4 Å². The Morgan fingerprint density at radius 1 is 1.08 bits per heavy atom. The van der Waals surface area contributed by atoms with E-state index < -0.39 is 23.3 Å². The highest BCUT2D eigenvalue weighted by atomic mass is 19.1. The number of halogens is 2. The van der Waals surface area contributed by atoms with E-state index in [1.165, 1.54) is 0 Å². The third kappa shape index (κ3) is 6.52. The molecule has 7 nitrogen and oxygen atoms in total. The van der Waals surface area contributed by atoms with Gasteiger partial charge in [-0.1, -0.05) is 32.9 Å². The Morgan fingerprint density at radius 2 is 1.69 bits per heavy atom. The third-order valence-electron chi connectivity index (χ3n) is 7.88. The molecule has 1 aliphatic carbocycles. The van der Waals surface area contributed by atoms with E-state index >= 15 is 0 Å². The number of carboxylic acids is 1. The Labute approximate surface area is 227 Å². The molecule has 0 aromatic heterocycles. The van der Waals surface area contributed by atoms with Gasteiger partial charge in [0.05, 0.1) is 6.42 Å². The van der Waals surface area contributed by atoms with Gasteiger partial charge in [0, 0.05) is 30.3 Å². The van der Waals surface area contributed by atoms with Gasteiger partial charge < -0.3 is 15.3 Å². The second kappa shape index (κ2) is 11.2. The predicted molar refractivity (Wildman–Crippen MR) is 143 cm³/mol. The quantitative estimate of drug-likeness (QED) is 0.495. The summed E-state index contributed by atoms with van der Waals surface area (Å²) in [6.45, 7) is 7.06. The molecule has 1 saturated carbocycles. The Kier molecular flexibility index (Phi) is 8.18. The minimum Gasteiger partial charge on any atom is -0.481 e. The molecule has 208 valence electrons. The molecule has 2 amide bonds. The summed E-state index contributed by atoms with van der Waals surface area (Å²) in [5.41, 5.74) is 0.952. The molecule has 0 unspecified atom stereocenters. The number of nitrogens with one attached hydrogen (secondary N) is 1. The molecule has 2 aromatic rings. The summed E-state index contributed by atoms with van der Waals surface area (Å²) in [5.74, 6) is -2.69. The lowest BCUT2D eigenvalue weighted by Crippen LogP contribution is -2.50. The number of hydrogen-bond donors (Lipinski definition) is 2. The number of rotatable bonds is 8. The fourth-order valence-electron chi connectivity index (χ4n) is 5.60. The van der Waals surface area contributed by atoms with Crippen molar-refractivity contribution in [2.45, 2.75) is 65.0 Å². The van der Waals surface area contributed by atoms with E-state index in [9.17, 15) is 23.2 Å². The summed E-state index contributed by atoms with van der Waals surface area (Å²) in [7, 11) is 0. The zero-order valence-corrected chi connectivity index (χ0v) is 22.6. The molecular formula is C30H35F2N3O4. The van der Waals surface area contributed by atoms with Crippen molar-refractivity contribution in [3.8, 4) is 0 Å². The average molecular weight is 540 g/mol. The van der Waals surface area contributed by atoms with Crippen LogP contribution in [0, 0.1) is 23.0 Å². The summed E-state index contributed by atoms with van der Waals surface area (Å²) in [5, 5.41) is 11.3. The molecule has 2 aromatic carbocycles. The van der Waals surface area contributed by atoms with Crippen LogP contribution in [0.15, 0.2) is 47.5 Å². The first-order chi connectivity index (χ1) is 18.4. The normalized spacial score (nSPS) is 21.3. The summed E-state index contributed by atoms with van der Waals surface area (Å²) in [4.78, 5) is 43.2. The van der Waals surface area contributed by atoms with E-state index in [-0.39, 0.29) is 41.5 Å². The first-order valence-corrected chi connectivity index (χ1v) is 13.4. The van der Waals surface area contributed by atoms with Crippen molar-refractivity contribution in [2.75, 3.05) is 13.1 Å². The van der Waals surface area contributed by atoms with E-state index in [0.29, 0.717) is 37.3 Å². The van der Waals surface area contributed by atoms with Gasteiger partial charge in [0.25, 0.3) is 11.8 Å². The largest absolute Gasteiger partial charge is 0.481 e. The number of amides is 2. The van der Waals surface area contributed by atoms with Gasteiger partial charge in [-0.05, 0) is 73.3 Å². The summed E-state index contributed by atoms with van der Waals surface area (Å²) in [6.07, 6.45) is 3.51. The van der Waals surface area contributed by atoms with E-state index in [2.05, 4.69) is 26.1 Å². The fraction of sp³-hybridized carbons (Fsp3) is 0.467. The summed E-state index contributed by atoms with van der Waals surface area (Å²) >= 11 is 0. The van der Waals surface area contributed by atoms with Gasteiger partial charge >= 0.3 is 5.97 Å². The first-order valence-electron chi connectivity index (χ1n) is 13.4. The molecule has 1 aliphatic heterocycles. The number of hydrogen-bond acceptors (Lipinski definition) is 4. The van der Waals surface area contributed by atoms with Gasteiger partial charge in [-0.25, -0.2) is 8.78 Å². The maximum atomic E-state index is 14.0.